The Morgan fingerprint density at radius 3 is 1.88 bits per heavy atom. The topological polar surface area (TPSA) is 81.0 Å². The maximum atomic E-state index is 13.0. The van der Waals surface area contributed by atoms with Crippen molar-refractivity contribution in [1.82, 2.24) is 4.90 Å². The first-order valence-corrected chi connectivity index (χ1v) is 7.93. The summed E-state index contributed by atoms with van der Waals surface area (Å²) in [6, 6.07) is 17.4. The number of nitrogens with zero attached hydrogens (tertiary/aromatic N) is 1. The second-order valence-electron chi connectivity index (χ2n) is 5.64. The summed E-state index contributed by atoms with van der Waals surface area (Å²) < 4.78 is 0. The maximum absolute atomic E-state index is 13.0. The lowest BCUT2D eigenvalue weighted by atomic mass is 9.85. The van der Waals surface area contributed by atoms with Crippen molar-refractivity contribution in [3.05, 3.63) is 71.8 Å². The largest absolute Gasteiger partial charge is 0.395 e. The molecule has 0 fully saturated rings. The quantitative estimate of drug-likeness (QED) is 0.599. The summed E-state index contributed by atoms with van der Waals surface area (Å²) in [6.45, 7) is 0.274. The first-order chi connectivity index (χ1) is 11.6. The van der Waals surface area contributed by atoms with Crippen LogP contribution in [-0.4, -0.2) is 58.9 Å². The molecule has 2 aromatic rings. The van der Waals surface area contributed by atoms with E-state index in [1.165, 1.54) is 0 Å². The Kier molecular flexibility index (Phi) is 6.63. The summed E-state index contributed by atoms with van der Waals surface area (Å²) in [5.41, 5.74) is -0.857. The maximum Gasteiger partial charge on any atom is 0.200 e. The van der Waals surface area contributed by atoms with E-state index >= 15 is 0 Å². The standard InChI is InChI=1S/C19H23NO4/c21-13-11-20(12-14-22)15-19(24,17-9-5-2-6-10-17)18(23)16-7-3-1-4-8-16/h1-10,21-22,24H,11-15H2. The summed E-state index contributed by atoms with van der Waals surface area (Å²) in [5, 5.41) is 29.7. The number of hydrogen-bond donors (Lipinski definition) is 3. The minimum absolute atomic E-state index is 0.00807. The monoisotopic (exact) mass is 329 g/mol. The van der Waals surface area contributed by atoms with Crippen LogP contribution in [0.2, 0.25) is 0 Å². The molecule has 0 saturated carbocycles. The van der Waals surface area contributed by atoms with Crippen LogP contribution in [0.4, 0.5) is 0 Å². The number of benzene rings is 2. The molecule has 3 N–H and O–H groups in total. The minimum Gasteiger partial charge on any atom is -0.395 e. The fraction of sp³-hybridized carbons (Fsp3) is 0.316. The molecule has 0 saturated heterocycles. The van der Waals surface area contributed by atoms with E-state index < -0.39 is 11.4 Å². The highest BCUT2D eigenvalue weighted by molar-refractivity contribution is 6.03. The van der Waals surface area contributed by atoms with E-state index in [-0.39, 0.29) is 32.8 Å². The number of aliphatic hydroxyl groups is 3. The normalized spacial score (nSPS) is 13.7. The zero-order valence-electron chi connectivity index (χ0n) is 13.5. The van der Waals surface area contributed by atoms with Crippen LogP contribution in [0.25, 0.3) is 0 Å². The lowest BCUT2D eigenvalue weighted by Crippen LogP contribution is -2.48. The molecular weight excluding hydrogens is 306 g/mol. The van der Waals surface area contributed by atoms with Gasteiger partial charge in [0.25, 0.3) is 0 Å². The number of rotatable bonds is 9. The van der Waals surface area contributed by atoms with Gasteiger partial charge in [-0.2, -0.15) is 0 Å². The van der Waals surface area contributed by atoms with Gasteiger partial charge in [0.2, 0.25) is 0 Å². The molecule has 0 spiro atoms. The molecule has 0 amide bonds. The summed E-state index contributed by atoms with van der Waals surface area (Å²) in [5.74, 6) is -0.407. The lowest BCUT2D eigenvalue weighted by molar-refractivity contribution is 0.00232. The molecule has 24 heavy (non-hydrogen) atoms. The average molecular weight is 329 g/mol. The third kappa shape index (κ3) is 4.27. The average Bonchev–Trinajstić information content (AvgIpc) is 2.63. The van der Waals surface area contributed by atoms with Crippen molar-refractivity contribution in [2.45, 2.75) is 5.60 Å². The fourth-order valence-corrected chi connectivity index (χ4v) is 2.71. The number of ketones is 1. The number of carbonyl (C=O) groups is 1. The van der Waals surface area contributed by atoms with E-state index in [0.717, 1.165) is 0 Å². The highest BCUT2D eigenvalue weighted by Gasteiger charge is 2.39. The van der Waals surface area contributed by atoms with Gasteiger partial charge in [0, 0.05) is 25.2 Å². The Balaban J connectivity index is 2.40. The van der Waals surface area contributed by atoms with Gasteiger partial charge in [0.05, 0.1) is 13.2 Å². The summed E-state index contributed by atoms with van der Waals surface area (Å²) in [7, 11) is 0. The third-order valence-electron chi connectivity index (χ3n) is 3.95. The molecule has 1 atom stereocenters. The molecule has 0 aliphatic heterocycles. The van der Waals surface area contributed by atoms with Crippen molar-refractivity contribution in [2.75, 3.05) is 32.8 Å². The minimum atomic E-state index is -1.76. The molecule has 5 heteroatoms. The van der Waals surface area contributed by atoms with E-state index in [2.05, 4.69) is 0 Å². The predicted molar refractivity (Wildman–Crippen MR) is 91.7 cm³/mol. The molecule has 0 aliphatic carbocycles. The molecule has 0 aromatic heterocycles. The van der Waals surface area contributed by atoms with Crippen LogP contribution in [0, 0.1) is 0 Å². The summed E-state index contributed by atoms with van der Waals surface area (Å²) in [4.78, 5) is 14.7. The van der Waals surface area contributed by atoms with Gasteiger partial charge in [-0.3, -0.25) is 9.69 Å². The Bertz CT molecular complexity index is 626. The molecule has 0 radical (unpaired) electrons. The van der Waals surface area contributed by atoms with Gasteiger partial charge in [0.15, 0.2) is 11.4 Å². The molecule has 5 nitrogen and oxygen atoms in total. The van der Waals surface area contributed by atoms with Crippen molar-refractivity contribution in [3.63, 3.8) is 0 Å². The highest BCUT2D eigenvalue weighted by Crippen LogP contribution is 2.27. The van der Waals surface area contributed by atoms with Crippen LogP contribution in [0.1, 0.15) is 15.9 Å². The molecule has 2 rings (SSSR count). The zero-order valence-corrected chi connectivity index (χ0v) is 13.5. The van der Waals surface area contributed by atoms with Crippen molar-refractivity contribution >= 4 is 5.78 Å². The smallest absolute Gasteiger partial charge is 0.200 e. The Morgan fingerprint density at radius 2 is 1.38 bits per heavy atom. The van der Waals surface area contributed by atoms with Crippen LogP contribution >= 0.6 is 0 Å². The van der Waals surface area contributed by atoms with Gasteiger partial charge >= 0.3 is 0 Å². The van der Waals surface area contributed by atoms with Crippen molar-refractivity contribution in [2.24, 2.45) is 0 Å². The molecule has 0 aliphatic rings. The van der Waals surface area contributed by atoms with Crippen LogP contribution in [0.3, 0.4) is 0 Å². The number of hydrogen-bond acceptors (Lipinski definition) is 5. The summed E-state index contributed by atoms with van der Waals surface area (Å²) in [6.07, 6.45) is 0. The SMILES string of the molecule is O=C(c1ccccc1)C(O)(CN(CCO)CCO)c1ccccc1. The van der Waals surface area contributed by atoms with E-state index in [9.17, 15) is 20.1 Å². The highest BCUT2D eigenvalue weighted by atomic mass is 16.3. The molecule has 2 aromatic carbocycles. The first-order valence-electron chi connectivity index (χ1n) is 7.93. The van der Waals surface area contributed by atoms with Gasteiger partial charge in [-0.05, 0) is 5.56 Å². The van der Waals surface area contributed by atoms with E-state index in [1.807, 2.05) is 12.1 Å². The molecule has 128 valence electrons. The van der Waals surface area contributed by atoms with Crippen molar-refractivity contribution < 1.29 is 20.1 Å². The Labute approximate surface area is 141 Å². The number of carbonyl (C=O) groups excluding carboxylic acids is 1. The van der Waals surface area contributed by atoms with Crippen LogP contribution in [0.5, 0.6) is 0 Å². The molecule has 1 unspecified atom stereocenters. The molecule has 0 bridgehead atoms. The van der Waals surface area contributed by atoms with Crippen LogP contribution in [-0.2, 0) is 5.60 Å². The Morgan fingerprint density at radius 1 is 0.875 bits per heavy atom. The summed E-state index contributed by atoms with van der Waals surface area (Å²) >= 11 is 0. The number of aliphatic hydroxyl groups excluding tert-OH is 2. The predicted octanol–water partition coefficient (Wildman–Crippen LogP) is 1.04. The zero-order chi connectivity index (χ0) is 17.4. The van der Waals surface area contributed by atoms with Crippen LogP contribution < -0.4 is 0 Å². The second-order valence-corrected chi connectivity index (χ2v) is 5.64. The molecular formula is C19H23NO4. The van der Waals surface area contributed by atoms with Gasteiger partial charge < -0.3 is 15.3 Å². The number of Topliss-reactive ketones (excluding diaryl/α,β-unsaturated/α-hetero) is 1. The van der Waals surface area contributed by atoms with E-state index in [1.54, 1.807) is 53.4 Å². The van der Waals surface area contributed by atoms with E-state index in [4.69, 9.17) is 0 Å². The second kappa shape index (κ2) is 8.70. The van der Waals surface area contributed by atoms with E-state index in [0.29, 0.717) is 11.1 Å². The van der Waals surface area contributed by atoms with Gasteiger partial charge in [-0.15, -0.1) is 0 Å². The lowest BCUT2D eigenvalue weighted by Gasteiger charge is -2.33. The third-order valence-corrected chi connectivity index (χ3v) is 3.95. The van der Waals surface area contributed by atoms with Gasteiger partial charge in [0.1, 0.15) is 0 Å². The van der Waals surface area contributed by atoms with Crippen LogP contribution in [0.15, 0.2) is 60.7 Å². The van der Waals surface area contributed by atoms with Crippen molar-refractivity contribution in [1.29, 1.82) is 0 Å². The first kappa shape index (κ1) is 18.3. The molecule has 0 heterocycles. The fourth-order valence-electron chi connectivity index (χ4n) is 2.71. The van der Waals surface area contributed by atoms with Gasteiger partial charge in [-0.25, -0.2) is 0 Å². The van der Waals surface area contributed by atoms with Crippen molar-refractivity contribution in [3.8, 4) is 0 Å². The van der Waals surface area contributed by atoms with Gasteiger partial charge in [-0.1, -0.05) is 60.7 Å². The Hall–Kier alpha value is -2.05.